The molecule has 1 fully saturated rings. The minimum absolute atomic E-state index is 0.0167. The Morgan fingerprint density at radius 2 is 1.89 bits per heavy atom. The molecule has 1 aromatic carbocycles. The number of ketones is 1. The molecule has 0 N–H and O–H groups in total. The second kappa shape index (κ2) is 4.28. The Hall–Kier alpha value is -1.56. The summed E-state index contributed by atoms with van der Waals surface area (Å²) in [6.45, 7) is 0.0938. The van der Waals surface area contributed by atoms with E-state index < -0.39 is 28.5 Å². The van der Waals surface area contributed by atoms with E-state index in [9.17, 15) is 22.8 Å². The van der Waals surface area contributed by atoms with Gasteiger partial charge in [0.25, 0.3) is 5.91 Å². The molecule has 0 bridgehead atoms. The summed E-state index contributed by atoms with van der Waals surface area (Å²) in [5.74, 6) is -1.39. The van der Waals surface area contributed by atoms with Crippen molar-refractivity contribution in [3.05, 3.63) is 28.8 Å². The number of amides is 1. The van der Waals surface area contributed by atoms with Gasteiger partial charge in [0.1, 0.15) is 0 Å². The van der Waals surface area contributed by atoms with Crippen molar-refractivity contribution in [3.8, 4) is 0 Å². The molecule has 96 valence electrons. The lowest BCUT2D eigenvalue weighted by molar-refractivity contribution is -0.137. The highest BCUT2D eigenvalue weighted by molar-refractivity contribution is 6.43. The average molecular weight is 278 g/mol. The van der Waals surface area contributed by atoms with Crippen LogP contribution in [0.15, 0.2) is 18.2 Å². The highest BCUT2D eigenvalue weighted by Gasteiger charge is 2.36. The van der Waals surface area contributed by atoms with Gasteiger partial charge in [-0.25, -0.2) is 0 Å². The second-order valence-electron chi connectivity index (χ2n) is 3.79. The molecule has 0 spiro atoms. The Kier molecular flexibility index (Phi) is 3.06. The summed E-state index contributed by atoms with van der Waals surface area (Å²) >= 11 is 5.46. The minimum atomic E-state index is -4.60. The molecule has 1 heterocycles. The number of carbonyl (C=O) groups is 2. The molecule has 7 heteroatoms. The Labute approximate surface area is 105 Å². The first-order valence-corrected chi connectivity index (χ1v) is 5.40. The lowest BCUT2D eigenvalue weighted by atomic mass is 10.2. The fourth-order valence-corrected chi connectivity index (χ4v) is 1.94. The number of alkyl halides is 3. The topological polar surface area (TPSA) is 37.4 Å². The van der Waals surface area contributed by atoms with Gasteiger partial charge in [-0.15, -0.1) is 0 Å². The molecule has 0 aliphatic carbocycles. The molecular formula is C11H7ClF3NO2. The van der Waals surface area contributed by atoms with Gasteiger partial charge >= 0.3 is 6.18 Å². The number of Topliss-reactive ketones (excluding diaryl/α,β-unsaturated/α-hetero) is 1. The zero-order valence-electron chi connectivity index (χ0n) is 8.92. The fourth-order valence-electron chi connectivity index (χ4n) is 1.72. The molecule has 0 atom stereocenters. The Morgan fingerprint density at radius 3 is 2.39 bits per heavy atom. The van der Waals surface area contributed by atoms with E-state index >= 15 is 0 Å². The molecule has 18 heavy (non-hydrogen) atoms. The van der Waals surface area contributed by atoms with E-state index in [1.54, 1.807) is 0 Å². The number of nitrogens with zero attached hydrogens (tertiary/aromatic N) is 1. The maximum Gasteiger partial charge on any atom is 0.417 e. The summed E-state index contributed by atoms with van der Waals surface area (Å²) < 4.78 is 37.9. The van der Waals surface area contributed by atoms with Crippen molar-refractivity contribution >= 4 is 29.0 Å². The molecule has 1 aliphatic rings. The summed E-state index contributed by atoms with van der Waals surface area (Å²) in [6.07, 6.45) is -4.58. The summed E-state index contributed by atoms with van der Waals surface area (Å²) in [5, 5.41) is -0.441. The highest BCUT2D eigenvalue weighted by Crippen LogP contribution is 2.37. The van der Waals surface area contributed by atoms with Crippen LogP contribution in [-0.4, -0.2) is 18.2 Å². The van der Waals surface area contributed by atoms with Crippen LogP contribution in [0.5, 0.6) is 0 Å². The van der Waals surface area contributed by atoms with Crippen LogP contribution in [0.2, 0.25) is 5.02 Å². The van der Waals surface area contributed by atoms with Gasteiger partial charge in [-0.2, -0.15) is 13.2 Å². The van der Waals surface area contributed by atoms with Crippen molar-refractivity contribution in [1.29, 1.82) is 0 Å². The van der Waals surface area contributed by atoms with E-state index in [1.165, 1.54) is 6.07 Å². The zero-order chi connectivity index (χ0) is 13.5. The van der Waals surface area contributed by atoms with Crippen LogP contribution in [-0.2, 0) is 15.8 Å². The van der Waals surface area contributed by atoms with Crippen molar-refractivity contribution in [2.75, 3.05) is 11.4 Å². The van der Waals surface area contributed by atoms with Gasteiger partial charge in [0.2, 0.25) is 5.78 Å². The summed E-state index contributed by atoms with van der Waals surface area (Å²) in [7, 11) is 0. The SMILES string of the molecule is O=C1CCN(c2ccc(Cl)c(C(F)(F)F)c2)C1=O. The number of rotatable bonds is 1. The van der Waals surface area contributed by atoms with Crippen molar-refractivity contribution in [1.82, 2.24) is 0 Å². The van der Waals surface area contributed by atoms with Gasteiger partial charge in [-0.1, -0.05) is 11.6 Å². The molecule has 0 saturated carbocycles. The maximum absolute atomic E-state index is 12.6. The molecule has 0 radical (unpaired) electrons. The molecule has 2 rings (SSSR count). The standard InChI is InChI=1S/C11H7ClF3NO2/c12-8-2-1-6(5-7(8)11(13,14)15)16-4-3-9(17)10(16)18/h1-2,5H,3-4H2. The molecule has 1 aromatic rings. The third-order valence-electron chi connectivity index (χ3n) is 2.61. The van der Waals surface area contributed by atoms with Crippen molar-refractivity contribution in [3.63, 3.8) is 0 Å². The molecule has 3 nitrogen and oxygen atoms in total. The lowest BCUT2D eigenvalue weighted by Gasteiger charge is -2.17. The minimum Gasteiger partial charge on any atom is -0.305 e. The Balaban J connectivity index is 2.42. The summed E-state index contributed by atoms with van der Waals surface area (Å²) in [6, 6.07) is 3.13. The van der Waals surface area contributed by atoms with Gasteiger partial charge in [0.05, 0.1) is 10.6 Å². The van der Waals surface area contributed by atoms with E-state index in [2.05, 4.69) is 0 Å². The number of benzene rings is 1. The molecule has 1 amide bonds. The van der Waals surface area contributed by atoms with Crippen LogP contribution in [0, 0.1) is 0 Å². The summed E-state index contributed by atoms with van der Waals surface area (Å²) in [5.41, 5.74) is -0.989. The molecule has 0 unspecified atom stereocenters. The predicted molar refractivity (Wildman–Crippen MR) is 58.4 cm³/mol. The molecule has 1 aliphatic heterocycles. The van der Waals surface area contributed by atoms with Gasteiger partial charge in [-0.05, 0) is 18.2 Å². The van der Waals surface area contributed by atoms with E-state index in [0.29, 0.717) is 0 Å². The number of hydrogen-bond acceptors (Lipinski definition) is 2. The smallest absolute Gasteiger partial charge is 0.305 e. The normalized spacial score (nSPS) is 16.6. The average Bonchev–Trinajstić information content (AvgIpc) is 2.59. The predicted octanol–water partition coefficient (Wildman–Crippen LogP) is 2.66. The Bertz CT molecular complexity index is 528. The third kappa shape index (κ3) is 2.20. The van der Waals surface area contributed by atoms with Crippen LogP contribution in [0.25, 0.3) is 0 Å². The van der Waals surface area contributed by atoms with Crippen LogP contribution < -0.4 is 4.90 Å². The van der Waals surface area contributed by atoms with Crippen LogP contribution in [0.4, 0.5) is 18.9 Å². The zero-order valence-corrected chi connectivity index (χ0v) is 9.68. The molecular weight excluding hydrogens is 271 g/mol. The maximum atomic E-state index is 12.6. The number of halogens is 4. The van der Waals surface area contributed by atoms with Gasteiger partial charge < -0.3 is 4.90 Å². The van der Waals surface area contributed by atoms with E-state index in [0.717, 1.165) is 17.0 Å². The van der Waals surface area contributed by atoms with E-state index in [4.69, 9.17) is 11.6 Å². The van der Waals surface area contributed by atoms with Gasteiger partial charge in [0.15, 0.2) is 0 Å². The number of carbonyl (C=O) groups excluding carboxylic acids is 2. The van der Waals surface area contributed by atoms with Crippen LogP contribution in [0.1, 0.15) is 12.0 Å². The van der Waals surface area contributed by atoms with Gasteiger partial charge in [0, 0.05) is 18.7 Å². The largest absolute Gasteiger partial charge is 0.417 e. The Morgan fingerprint density at radius 1 is 1.22 bits per heavy atom. The van der Waals surface area contributed by atoms with Gasteiger partial charge in [-0.3, -0.25) is 9.59 Å². The number of anilines is 1. The fraction of sp³-hybridized carbons (Fsp3) is 0.273. The lowest BCUT2D eigenvalue weighted by Crippen LogP contribution is -2.27. The molecule has 0 aromatic heterocycles. The summed E-state index contributed by atoms with van der Waals surface area (Å²) in [4.78, 5) is 23.5. The highest BCUT2D eigenvalue weighted by atomic mass is 35.5. The first-order chi connectivity index (χ1) is 8.30. The number of hydrogen-bond donors (Lipinski definition) is 0. The quantitative estimate of drug-likeness (QED) is 0.740. The van der Waals surface area contributed by atoms with Crippen molar-refractivity contribution in [2.24, 2.45) is 0 Å². The van der Waals surface area contributed by atoms with E-state index in [-0.39, 0.29) is 18.7 Å². The van der Waals surface area contributed by atoms with Crippen LogP contribution >= 0.6 is 11.6 Å². The van der Waals surface area contributed by atoms with Crippen LogP contribution in [0.3, 0.4) is 0 Å². The van der Waals surface area contributed by atoms with Crippen molar-refractivity contribution < 1.29 is 22.8 Å². The first kappa shape index (κ1) is 12.9. The third-order valence-corrected chi connectivity index (χ3v) is 2.94. The second-order valence-corrected chi connectivity index (χ2v) is 4.20. The monoisotopic (exact) mass is 277 g/mol. The molecule has 1 saturated heterocycles. The van der Waals surface area contributed by atoms with E-state index in [1.807, 2.05) is 0 Å². The first-order valence-electron chi connectivity index (χ1n) is 5.02. The van der Waals surface area contributed by atoms with Crippen molar-refractivity contribution in [2.45, 2.75) is 12.6 Å².